The number of carboxylic acid groups (broad SMARTS) is 1. The van der Waals surface area contributed by atoms with Crippen molar-refractivity contribution in [2.45, 2.75) is 6.54 Å². The topological polar surface area (TPSA) is 58.4 Å². The van der Waals surface area contributed by atoms with E-state index in [0.717, 1.165) is 5.82 Å². The van der Waals surface area contributed by atoms with Gasteiger partial charge in [-0.3, -0.25) is 9.69 Å². The third kappa shape index (κ3) is 3.55. The minimum absolute atomic E-state index is 0.00111. The maximum atomic E-state index is 10.6. The first-order valence-electron chi connectivity index (χ1n) is 4.64. The number of aliphatic carboxylic acids is 1. The number of hydrogen-bond donors (Lipinski definition) is 1. The van der Waals surface area contributed by atoms with E-state index in [0.29, 0.717) is 13.1 Å². The highest BCUT2D eigenvalue weighted by Gasteiger charge is 2.10. The highest BCUT2D eigenvalue weighted by Crippen LogP contribution is 2.01. The van der Waals surface area contributed by atoms with Crippen LogP contribution in [0.3, 0.4) is 0 Å². The number of aromatic nitrogens is 2. The fraction of sp³-hybridized carbons (Fsp3) is 0.400. The second-order valence-corrected chi connectivity index (χ2v) is 3.31. The number of carboxylic acids is 1. The lowest BCUT2D eigenvalue weighted by Crippen LogP contribution is -2.30. The van der Waals surface area contributed by atoms with E-state index in [1.165, 1.54) is 0 Å². The average molecular weight is 209 g/mol. The van der Waals surface area contributed by atoms with Gasteiger partial charge in [-0.05, 0) is 0 Å². The Morgan fingerprint density at radius 1 is 1.80 bits per heavy atom. The van der Waals surface area contributed by atoms with Gasteiger partial charge in [0.25, 0.3) is 0 Å². The molecule has 0 aliphatic carbocycles. The van der Waals surface area contributed by atoms with E-state index < -0.39 is 5.97 Å². The molecule has 5 heteroatoms. The molecule has 1 heterocycles. The quantitative estimate of drug-likeness (QED) is 0.693. The predicted molar refractivity (Wildman–Crippen MR) is 56.3 cm³/mol. The Balaban J connectivity index is 2.61. The third-order valence-electron chi connectivity index (χ3n) is 2.03. The number of imidazole rings is 1. The van der Waals surface area contributed by atoms with Gasteiger partial charge in [0, 0.05) is 26.0 Å². The largest absolute Gasteiger partial charge is 0.480 e. The zero-order valence-corrected chi connectivity index (χ0v) is 8.76. The minimum atomic E-state index is -0.842. The molecule has 0 radical (unpaired) electrons. The Hall–Kier alpha value is -1.62. The summed E-state index contributed by atoms with van der Waals surface area (Å²) in [6.45, 7) is 4.65. The van der Waals surface area contributed by atoms with Gasteiger partial charge in [-0.2, -0.15) is 0 Å². The maximum Gasteiger partial charge on any atom is 0.317 e. The molecule has 0 bridgehead atoms. The Kier molecular flexibility index (Phi) is 4.05. The lowest BCUT2D eigenvalue weighted by molar-refractivity contribution is -0.138. The first-order valence-corrected chi connectivity index (χ1v) is 4.64. The summed E-state index contributed by atoms with van der Waals surface area (Å²) < 4.78 is 1.87. The van der Waals surface area contributed by atoms with Crippen LogP contribution in [0.15, 0.2) is 25.0 Å². The zero-order chi connectivity index (χ0) is 11.3. The summed E-state index contributed by atoms with van der Waals surface area (Å²) >= 11 is 0. The Bertz CT molecular complexity index is 346. The average Bonchev–Trinajstić information content (AvgIpc) is 2.51. The molecule has 0 saturated carbocycles. The second-order valence-electron chi connectivity index (χ2n) is 3.31. The lowest BCUT2D eigenvalue weighted by atomic mass is 10.4. The number of nitrogens with zero attached hydrogens (tertiary/aromatic N) is 3. The lowest BCUT2D eigenvalue weighted by Gasteiger charge is -2.17. The summed E-state index contributed by atoms with van der Waals surface area (Å²) in [5.74, 6) is 0.00385. The molecular formula is C10H15N3O2. The van der Waals surface area contributed by atoms with Gasteiger partial charge in [-0.25, -0.2) is 4.98 Å². The normalized spacial score (nSPS) is 10.5. The van der Waals surface area contributed by atoms with E-state index in [-0.39, 0.29) is 6.54 Å². The van der Waals surface area contributed by atoms with Crippen LogP contribution < -0.4 is 0 Å². The van der Waals surface area contributed by atoms with E-state index in [2.05, 4.69) is 11.6 Å². The SMILES string of the molecule is C=CCN(CC(=O)O)Cc1nccn1C. The van der Waals surface area contributed by atoms with Crippen molar-refractivity contribution >= 4 is 5.97 Å². The van der Waals surface area contributed by atoms with Crippen LogP contribution in [-0.2, 0) is 18.4 Å². The Morgan fingerprint density at radius 2 is 2.53 bits per heavy atom. The van der Waals surface area contributed by atoms with Crippen molar-refractivity contribution in [3.63, 3.8) is 0 Å². The maximum absolute atomic E-state index is 10.6. The summed E-state index contributed by atoms with van der Waals surface area (Å²) in [7, 11) is 1.88. The van der Waals surface area contributed by atoms with E-state index in [4.69, 9.17) is 5.11 Å². The molecule has 15 heavy (non-hydrogen) atoms. The molecule has 0 atom stereocenters. The molecule has 0 aliphatic rings. The molecule has 1 rings (SSSR count). The van der Waals surface area contributed by atoms with Crippen LogP contribution >= 0.6 is 0 Å². The molecule has 82 valence electrons. The fourth-order valence-corrected chi connectivity index (χ4v) is 1.31. The first kappa shape index (κ1) is 11.5. The van der Waals surface area contributed by atoms with Crippen molar-refractivity contribution in [3.05, 3.63) is 30.9 Å². The number of carbonyl (C=O) groups is 1. The van der Waals surface area contributed by atoms with Gasteiger partial charge in [0.05, 0.1) is 13.1 Å². The van der Waals surface area contributed by atoms with Crippen LogP contribution in [0, 0.1) is 0 Å². The molecule has 0 amide bonds. The standard InChI is InChI=1S/C10H15N3O2/c1-3-5-13(8-10(14)15)7-9-11-4-6-12(9)2/h3-4,6H,1,5,7-8H2,2H3,(H,14,15). The summed E-state index contributed by atoms with van der Waals surface area (Å²) in [5.41, 5.74) is 0. The molecule has 0 spiro atoms. The number of aryl methyl sites for hydroxylation is 1. The third-order valence-corrected chi connectivity index (χ3v) is 2.03. The van der Waals surface area contributed by atoms with Crippen molar-refractivity contribution < 1.29 is 9.90 Å². The minimum Gasteiger partial charge on any atom is -0.480 e. The first-order chi connectivity index (χ1) is 7.13. The molecule has 5 nitrogen and oxygen atoms in total. The number of rotatable bonds is 6. The van der Waals surface area contributed by atoms with E-state index in [1.54, 1.807) is 17.2 Å². The summed E-state index contributed by atoms with van der Waals surface area (Å²) in [6.07, 6.45) is 5.22. The molecule has 0 fully saturated rings. The van der Waals surface area contributed by atoms with Crippen molar-refractivity contribution in [2.24, 2.45) is 7.05 Å². The molecular weight excluding hydrogens is 194 g/mol. The van der Waals surface area contributed by atoms with Crippen LogP contribution in [0.1, 0.15) is 5.82 Å². The highest BCUT2D eigenvalue weighted by atomic mass is 16.4. The molecule has 0 saturated heterocycles. The van der Waals surface area contributed by atoms with E-state index in [9.17, 15) is 4.79 Å². The van der Waals surface area contributed by atoms with Gasteiger partial charge in [-0.1, -0.05) is 6.08 Å². The van der Waals surface area contributed by atoms with Gasteiger partial charge in [-0.15, -0.1) is 6.58 Å². The smallest absolute Gasteiger partial charge is 0.317 e. The van der Waals surface area contributed by atoms with Crippen molar-refractivity contribution in [1.82, 2.24) is 14.5 Å². The van der Waals surface area contributed by atoms with Crippen LogP contribution in [0.4, 0.5) is 0 Å². The molecule has 1 aromatic rings. The summed E-state index contributed by atoms with van der Waals surface area (Å²) in [4.78, 5) is 16.5. The van der Waals surface area contributed by atoms with Gasteiger partial charge >= 0.3 is 5.97 Å². The van der Waals surface area contributed by atoms with Crippen LogP contribution in [0.5, 0.6) is 0 Å². The van der Waals surface area contributed by atoms with Crippen molar-refractivity contribution in [2.75, 3.05) is 13.1 Å². The van der Waals surface area contributed by atoms with Crippen LogP contribution in [0.25, 0.3) is 0 Å². The van der Waals surface area contributed by atoms with Gasteiger partial charge in [0.1, 0.15) is 5.82 Å². The number of hydrogen-bond acceptors (Lipinski definition) is 3. The van der Waals surface area contributed by atoms with E-state index >= 15 is 0 Å². The Labute approximate surface area is 88.7 Å². The second kappa shape index (κ2) is 5.31. The molecule has 0 aliphatic heterocycles. The zero-order valence-electron chi connectivity index (χ0n) is 8.76. The highest BCUT2D eigenvalue weighted by molar-refractivity contribution is 5.69. The molecule has 1 aromatic heterocycles. The monoisotopic (exact) mass is 209 g/mol. The fourth-order valence-electron chi connectivity index (χ4n) is 1.31. The van der Waals surface area contributed by atoms with Gasteiger partial charge in [0.2, 0.25) is 0 Å². The summed E-state index contributed by atoms with van der Waals surface area (Å²) in [5, 5.41) is 8.71. The van der Waals surface area contributed by atoms with Crippen molar-refractivity contribution in [3.8, 4) is 0 Å². The van der Waals surface area contributed by atoms with Gasteiger partial charge in [0.15, 0.2) is 0 Å². The van der Waals surface area contributed by atoms with Crippen LogP contribution in [-0.4, -0.2) is 38.6 Å². The van der Waals surface area contributed by atoms with E-state index in [1.807, 2.05) is 17.8 Å². The Morgan fingerprint density at radius 3 is 3.00 bits per heavy atom. The van der Waals surface area contributed by atoms with Crippen molar-refractivity contribution in [1.29, 1.82) is 0 Å². The predicted octanol–water partition coefficient (Wildman–Crippen LogP) is 0.493. The molecule has 1 N–H and O–H groups in total. The molecule has 0 aromatic carbocycles. The van der Waals surface area contributed by atoms with Crippen LogP contribution in [0.2, 0.25) is 0 Å². The summed E-state index contributed by atoms with van der Waals surface area (Å²) in [6, 6.07) is 0. The van der Waals surface area contributed by atoms with Gasteiger partial charge < -0.3 is 9.67 Å². The molecule has 0 unspecified atom stereocenters.